The smallest absolute Gasteiger partial charge is 0.115 e. The topological polar surface area (TPSA) is 155 Å². The van der Waals surface area contributed by atoms with E-state index in [-0.39, 0.29) is 17.1 Å². The van der Waals surface area contributed by atoms with Crippen LogP contribution in [0.5, 0.6) is 0 Å². The molecule has 0 spiro atoms. The van der Waals surface area contributed by atoms with Crippen LogP contribution >= 0.6 is 0 Å². The Morgan fingerprint density at radius 1 is 0.281 bits per heavy atom. The maximum absolute atomic E-state index is 4.38. The first-order valence-electron chi connectivity index (χ1n) is 19.9. The van der Waals surface area contributed by atoms with Gasteiger partial charge in [-0.05, 0) is 127 Å². The van der Waals surface area contributed by atoms with Crippen LogP contribution in [0.4, 0.5) is 0 Å². The van der Waals surface area contributed by atoms with Gasteiger partial charge >= 0.3 is 0 Å². The number of aromatic nitrogens is 12. The van der Waals surface area contributed by atoms with Crippen LogP contribution in [0.2, 0.25) is 0 Å². The van der Waals surface area contributed by atoms with E-state index >= 15 is 0 Å². The van der Waals surface area contributed by atoms with Crippen LogP contribution in [0, 0.1) is 20.8 Å². The minimum atomic E-state index is 0. The standard InChI is InChI=1S/3C17H14N4.Fe/c3*1-13-4-6-20-16(8-13)17-9-14(5-7-21-17)2-3-15-10-18-12-19-11-15;/h3*2-12H,1H3;. The van der Waals surface area contributed by atoms with Crippen molar-refractivity contribution < 1.29 is 17.1 Å². The molecule has 9 heterocycles. The van der Waals surface area contributed by atoms with Crippen molar-refractivity contribution in [2.24, 2.45) is 0 Å². The van der Waals surface area contributed by atoms with Gasteiger partial charge < -0.3 is 0 Å². The first-order valence-corrected chi connectivity index (χ1v) is 19.9. The molecular formula is C51H42FeN12. The Morgan fingerprint density at radius 2 is 0.500 bits per heavy atom. The molecule has 0 unspecified atom stereocenters. The molecule has 0 saturated carbocycles. The fraction of sp³-hybridized carbons (Fsp3) is 0.0588. The maximum Gasteiger partial charge on any atom is 0.115 e. The second-order valence-electron chi connectivity index (χ2n) is 14.1. The molecule has 0 saturated heterocycles. The fourth-order valence-electron chi connectivity index (χ4n) is 5.87. The predicted octanol–water partition coefficient (Wildman–Crippen LogP) is 10.2. The molecule has 9 aromatic heterocycles. The van der Waals surface area contributed by atoms with Crippen LogP contribution in [0.25, 0.3) is 70.6 Å². The Morgan fingerprint density at radius 3 is 0.750 bits per heavy atom. The summed E-state index contributed by atoms with van der Waals surface area (Å²) in [6, 6.07) is 23.9. The first kappa shape index (κ1) is 45.4. The van der Waals surface area contributed by atoms with Crippen molar-refractivity contribution in [3.63, 3.8) is 0 Å². The van der Waals surface area contributed by atoms with Crippen LogP contribution in [-0.4, -0.2) is 59.8 Å². The summed E-state index contributed by atoms with van der Waals surface area (Å²) in [5.41, 5.74) is 14.8. The van der Waals surface area contributed by atoms with Crippen molar-refractivity contribution in [2.75, 3.05) is 0 Å². The van der Waals surface area contributed by atoms with Crippen molar-refractivity contribution in [3.05, 3.63) is 216 Å². The van der Waals surface area contributed by atoms with E-state index in [9.17, 15) is 0 Å². The summed E-state index contributed by atoms with van der Waals surface area (Å²) in [7, 11) is 0. The van der Waals surface area contributed by atoms with Crippen molar-refractivity contribution in [1.82, 2.24) is 59.8 Å². The molecule has 314 valence electrons. The number of pyridine rings is 6. The third-order valence-electron chi connectivity index (χ3n) is 9.03. The summed E-state index contributed by atoms with van der Waals surface area (Å²) >= 11 is 0. The van der Waals surface area contributed by atoms with Crippen molar-refractivity contribution in [2.45, 2.75) is 20.8 Å². The Hall–Kier alpha value is -8.12. The van der Waals surface area contributed by atoms with Gasteiger partial charge in [0.1, 0.15) is 19.0 Å². The zero-order valence-electron chi connectivity index (χ0n) is 35.3. The molecular weight excluding hydrogens is 836 g/mol. The summed E-state index contributed by atoms with van der Waals surface area (Å²) in [6.45, 7) is 6.14. The average molecular weight is 879 g/mol. The number of rotatable bonds is 9. The number of aryl methyl sites for hydroxylation is 3. The molecule has 0 aliphatic heterocycles. The fourth-order valence-corrected chi connectivity index (χ4v) is 5.87. The monoisotopic (exact) mass is 878 g/mol. The van der Waals surface area contributed by atoms with E-state index in [2.05, 4.69) is 59.8 Å². The van der Waals surface area contributed by atoms with E-state index in [1.54, 1.807) is 74.4 Å². The third kappa shape index (κ3) is 14.2. The largest absolute Gasteiger partial charge is 0.255 e. The molecule has 0 radical (unpaired) electrons. The van der Waals surface area contributed by atoms with E-state index in [4.69, 9.17) is 0 Å². The summed E-state index contributed by atoms with van der Waals surface area (Å²) < 4.78 is 0. The van der Waals surface area contributed by atoms with Crippen LogP contribution in [-0.2, 0) is 17.1 Å². The van der Waals surface area contributed by atoms with E-state index in [1.807, 2.05) is 130 Å². The SMILES string of the molecule is Cc1ccnc(-c2cc(C=Cc3cncnc3)ccn2)c1.Cc1ccnc(-c2cc(C=Cc3cncnc3)ccn2)c1.Cc1ccnc(-c2cc(C=Cc3cncnc3)ccn2)c1.[Fe]. The zero-order chi connectivity index (χ0) is 43.5. The molecule has 13 heteroatoms. The molecule has 9 rings (SSSR count). The van der Waals surface area contributed by atoms with Crippen molar-refractivity contribution >= 4 is 36.5 Å². The molecule has 64 heavy (non-hydrogen) atoms. The number of hydrogen-bond acceptors (Lipinski definition) is 12. The quantitative estimate of drug-likeness (QED) is 0.127. The van der Waals surface area contributed by atoms with Gasteiger partial charge in [0.25, 0.3) is 0 Å². The molecule has 0 aliphatic carbocycles. The molecule has 0 atom stereocenters. The Labute approximate surface area is 382 Å². The van der Waals surface area contributed by atoms with E-state index in [0.29, 0.717) is 0 Å². The minimum Gasteiger partial charge on any atom is -0.255 e. The number of nitrogens with zero attached hydrogens (tertiary/aromatic N) is 12. The second-order valence-corrected chi connectivity index (χ2v) is 14.1. The van der Waals surface area contributed by atoms with Crippen LogP contribution in [0.1, 0.15) is 50.1 Å². The van der Waals surface area contributed by atoms with E-state index in [1.165, 1.54) is 35.7 Å². The molecule has 0 bridgehead atoms. The summed E-state index contributed by atoms with van der Waals surface area (Å²) in [5.74, 6) is 0. The van der Waals surface area contributed by atoms with Gasteiger partial charge in [-0.2, -0.15) is 0 Å². The van der Waals surface area contributed by atoms with Gasteiger partial charge in [0.15, 0.2) is 0 Å². The number of hydrogen-bond donors (Lipinski definition) is 0. The maximum atomic E-state index is 4.38. The van der Waals surface area contributed by atoms with Crippen molar-refractivity contribution in [1.29, 1.82) is 0 Å². The molecule has 0 amide bonds. The average Bonchev–Trinajstić information content (AvgIpc) is 3.34. The normalized spacial score (nSPS) is 10.7. The van der Waals surface area contributed by atoms with E-state index < -0.39 is 0 Å². The van der Waals surface area contributed by atoms with Crippen LogP contribution in [0.3, 0.4) is 0 Å². The first-order chi connectivity index (χ1) is 30.9. The zero-order valence-corrected chi connectivity index (χ0v) is 36.4. The molecule has 12 nitrogen and oxygen atoms in total. The second kappa shape index (κ2) is 23.8. The summed E-state index contributed by atoms with van der Waals surface area (Å²) in [5, 5.41) is 0. The van der Waals surface area contributed by atoms with Crippen LogP contribution in [0.15, 0.2) is 166 Å². The molecule has 0 N–H and O–H groups in total. The van der Waals surface area contributed by atoms with Gasteiger partial charge in [-0.15, -0.1) is 0 Å². The third-order valence-corrected chi connectivity index (χ3v) is 9.03. The van der Waals surface area contributed by atoms with Gasteiger partial charge in [0.05, 0.1) is 34.2 Å². The summed E-state index contributed by atoms with van der Waals surface area (Å²) in [4.78, 5) is 50.2. The summed E-state index contributed by atoms with van der Waals surface area (Å²) in [6.07, 6.45) is 37.9. The van der Waals surface area contributed by atoms with Gasteiger partial charge in [-0.25, -0.2) is 29.9 Å². The van der Waals surface area contributed by atoms with Gasteiger partial charge in [0, 0.05) is 108 Å². The molecule has 9 aromatic rings. The predicted molar refractivity (Wildman–Crippen MR) is 249 cm³/mol. The molecule has 0 aliphatic rings. The molecule has 0 fully saturated rings. The Balaban J connectivity index is 0.000000158. The van der Waals surface area contributed by atoms with Gasteiger partial charge in [-0.3, -0.25) is 29.9 Å². The van der Waals surface area contributed by atoms with Crippen molar-refractivity contribution in [3.8, 4) is 34.2 Å². The Kier molecular flexibility index (Phi) is 16.9. The van der Waals surface area contributed by atoms with Crippen LogP contribution < -0.4 is 0 Å². The van der Waals surface area contributed by atoms with E-state index in [0.717, 1.165) is 67.5 Å². The Bertz CT molecular complexity index is 2630. The van der Waals surface area contributed by atoms with Gasteiger partial charge in [-0.1, -0.05) is 36.5 Å². The minimum absolute atomic E-state index is 0. The van der Waals surface area contributed by atoms with Gasteiger partial charge in [0.2, 0.25) is 0 Å². The molecule has 0 aromatic carbocycles.